The van der Waals surface area contributed by atoms with E-state index in [1.807, 2.05) is 13.8 Å². The zero-order valence-corrected chi connectivity index (χ0v) is 11.4. The fourth-order valence-electron chi connectivity index (χ4n) is 2.32. The number of carbonyl (C=O) groups excluding carboxylic acids is 2. The molecule has 0 aromatic rings. The molecular weight excluding hydrogens is 232 g/mol. The lowest BCUT2D eigenvalue weighted by Crippen LogP contribution is -2.47. The lowest BCUT2D eigenvalue weighted by atomic mass is 9.97. The molecule has 18 heavy (non-hydrogen) atoms. The number of nitrogens with two attached hydrogens (primary N) is 1. The molecule has 0 aromatic heterocycles. The van der Waals surface area contributed by atoms with E-state index in [-0.39, 0.29) is 29.8 Å². The summed E-state index contributed by atoms with van der Waals surface area (Å²) in [5.74, 6) is -0.439. The molecule has 104 valence electrons. The van der Waals surface area contributed by atoms with Crippen molar-refractivity contribution in [3.05, 3.63) is 0 Å². The van der Waals surface area contributed by atoms with Crippen LogP contribution in [0.3, 0.4) is 0 Å². The van der Waals surface area contributed by atoms with E-state index in [1.165, 1.54) is 7.11 Å². The Morgan fingerprint density at radius 2 is 2.11 bits per heavy atom. The molecule has 1 amide bonds. The largest absolute Gasteiger partial charge is 0.467 e. The minimum Gasteiger partial charge on any atom is -0.467 e. The van der Waals surface area contributed by atoms with Gasteiger partial charge >= 0.3 is 5.97 Å². The summed E-state index contributed by atoms with van der Waals surface area (Å²) in [4.78, 5) is 23.7. The summed E-state index contributed by atoms with van der Waals surface area (Å²) < 4.78 is 4.74. The number of ether oxygens (including phenoxy) is 1. The van der Waals surface area contributed by atoms with Crippen molar-refractivity contribution in [2.24, 2.45) is 17.6 Å². The van der Waals surface area contributed by atoms with E-state index in [2.05, 4.69) is 5.32 Å². The maximum absolute atomic E-state index is 12.1. The van der Waals surface area contributed by atoms with E-state index in [4.69, 9.17) is 10.5 Å². The number of methoxy groups -OCH3 is 1. The van der Waals surface area contributed by atoms with E-state index in [9.17, 15) is 9.59 Å². The Hall–Kier alpha value is -1.10. The summed E-state index contributed by atoms with van der Waals surface area (Å²) in [5.41, 5.74) is 5.79. The zero-order valence-electron chi connectivity index (χ0n) is 11.4. The lowest BCUT2D eigenvalue weighted by Gasteiger charge is -2.23. The molecule has 1 saturated carbocycles. The number of esters is 1. The summed E-state index contributed by atoms with van der Waals surface area (Å²) in [7, 11) is 1.34. The van der Waals surface area contributed by atoms with Crippen molar-refractivity contribution in [1.82, 2.24) is 5.32 Å². The van der Waals surface area contributed by atoms with Gasteiger partial charge in [-0.15, -0.1) is 0 Å². The van der Waals surface area contributed by atoms with E-state index in [0.29, 0.717) is 6.42 Å². The third kappa shape index (κ3) is 3.70. The first kappa shape index (κ1) is 15.0. The van der Waals surface area contributed by atoms with Gasteiger partial charge in [-0.2, -0.15) is 0 Å². The summed E-state index contributed by atoms with van der Waals surface area (Å²) in [6.07, 6.45) is 3.20. The Labute approximate surface area is 108 Å². The molecular formula is C13H24N2O3. The molecule has 0 radical (unpaired) electrons. The predicted octanol–water partition coefficient (Wildman–Crippen LogP) is 0.818. The van der Waals surface area contributed by atoms with Crippen molar-refractivity contribution in [2.45, 2.75) is 51.6 Å². The molecule has 1 aliphatic carbocycles. The molecule has 5 heteroatoms. The van der Waals surface area contributed by atoms with Crippen LogP contribution in [0.25, 0.3) is 0 Å². The van der Waals surface area contributed by atoms with Gasteiger partial charge in [0.1, 0.15) is 6.04 Å². The zero-order chi connectivity index (χ0) is 13.7. The summed E-state index contributed by atoms with van der Waals surface area (Å²) in [6.45, 7) is 3.92. The van der Waals surface area contributed by atoms with Gasteiger partial charge in [-0.3, -0.25) is 4.79 Å². The minimum absolute atomic E-state index is 0.0591. The van der Waals surface area contributed by atoms with Crippen molar-refractivity contribution in [1.29, 1.82) is 0 Å². The van der Waals surface area contributed by atoms with Gasteiger partial charge < -0.3 is 15.8 Å². The van der Waals surface area contributed by atoms with Gasteiger partial charge in [0.15, 0.2) is 0 Å². The molecule has 0 aliphatic heterocycles. The molecule has 5 nitrogen and oxygen atoms in total. The Morgan fingerprint density at radius 3 is 2.56 bits per heavy atom. The average molecular weight is 256 g/mol. The van der Waals surface area contributed by atoms with Crippen LogP contribution < -0.4 is 11.1 Å². The highest BCUT2D eigenvalue weighted by molar-refractivity contribution is 5.86. The van der Waals surface area contributed by atoms with Gasteiger partial charge in [0.25, 0.3) is 0 Å². The molecule has 0 aromatic carbocycles. The van der Waals surface area contributed by atoms with Crippen molar-refractivity contribution < 1.29 is 14.3 Å². The Kier molecular flexibility index (Phi) is 5.59. The van der Waals surface area contributed by atoms with Gasteiger partial charge in [-0.1, -0.05) is 20.3 Å². The van der Waals surface area contributed by atoms with E-state index < -0.39 is 6.04 Å². The normalized spacial score (nSPS) is 26.4. The van der Waals surface area contributed by atoms with E-state index in [1.54, 1.807) is 0 Å². The lowest BCUT2D eigenvalue weighted by molar-refractivity contribution is -0.147. The Morgan fingerprint density at radius 1 is 1.44 bits per heavy atom. The second-order valence-corrected chi connectivity index (χ2v) is 5.17. The van der Waals surface area contributed by atoms with Gasteiger partial charge in [0.05, 0.1) is 7.11 Å². The van der Waals surface area contributed by atoms with E-state index in [0.717, 1.165) is 19.3 Å². The van der Waals surface area contributed by atoms with Crippen molar-refractivity contribution in [2.75, 3.05) is 7.11 Å². The van der Waals surface area contributed by atoms with Crippen LogP contribution in [0.2, 0.25) is 0 Å². The summed E-state index contributed by atoms with van der Waals surface area (Å²) in [6, 6.07) is -0.440. The highest BCUT2D eigenvalue weighted by Crippen LogP contribution is 2.24. The van der Waals surface area contributed by atoms with Crippen molar-refractivity contribution in [3.8, 4) is 0 Å². The van der Waals surface area contributed by atoms with Crippen LogP contribution in [0, 0.1) is 11.8 Å². The van der Waals surface area contributed by atoms with Crippen molar-refractivity contribution >= 4 is 11.9 Å². The van der Waals surface area contributed by atoms with Crippen LogP contribution in [0.1, 0.15) is 39.5 Å². The SMILES string of the molecule is CC[C@H](C)[C@H](NC(=O)C1CCC(N)C1)C(=O)OC. The molecule has 4 atom stereocenters. The number of carbonyl (C=O) groups is 2. The number of hydrogen-bond acceptors (Lipinski definition) is 4. The van der Waals surface area contributed by atoms with Crippen LogP contribution >= 0.6 is 0 Å². The van der Waals surface area contributed by atoms with Gasteiger partial charge in [0, 0.05) is 12.0 Å². The maximum Gasteiger partial charge on any atom is 0.328 e. The molecule has 3 N–H and O–H groups in total. The highest BCUT2D eigenvalue weighted by Gasteiger charge is 2.32. The first-order valence-corrected chi connectivity index (χ1v) is 6.63. The molecule has 1 fully saturated rings. The number of hydrogen-bond donors (Lipinski definition) is 2. The van der Waals surface area contributed by atoms with Gasteiger partial charge in [-0.25, -0.2) is 4.79 Å². The van der Waals surface area contributed by atoms with Crippen LogP contribution in [-0.4, -0.2) is 31.1 Å². The van der Waals surface area contributed by atoms with Gasteiger partial charge in [0.2, 0.25) is 5.91 Å². The molecule has 1 rings (SSSR count). The van der Waals surface area contributed by atoms with Crippen LogP contribution in [0.15, 0.2) is 0 Å². The first-order valence-electron chi connectivity index (χ1n) is 6.63. The van der Waals surface area contributed by atoms with Crippen LogP contribution in [-0.2, 0) is 14.3 Å². The molecule has 0 heterocycles. The third-order valence-corrected chi connectivity index (χ3v) is 3.81. The van der Waals surface area contributed by atoms with E-state index >= 15 is 0 Å². The monoisotopic (exact) mass is 256 g/mol. The summed E-state index contributed by atoms with van der Waals surface area (Å²) in [5, 5.41) is 2.81. The molecule has 0 saturated heterocycles. The topological polar surface area (TPSA) is 81.4 Å². The Bertz CT molecular complexity index is 307. The molecule has 0 spiro atoms. The smallest absolute Gasteiger partial charge is 0.328 e. The van der Waals surface area contributed by atoms with Crippen LogP contribution in [0.4, 0.5) is 0 Å². The fourth-order valence-corrected chi connectivity index (χ4v) is 2.32. The average Bonchev–Trinajstić information content (AvgIpc) is 2.80. The number of rotatable bonds is 5. The second kappa shape index (κ2) is 6.73. The number of nitrogens with one attached hydrogen (secondary N) is 1. The quantitative estimate of drug-likeness (QED) is 0.713. The van der Waals surface area contributed by atoms with Gasteiger partial charge in [-0.05, 0) is 25.2 Å². The molecule has 0 bridgehead atoms. The second-order valence-electron chi connectivity index (χ2n) is 5.17. The summed E-state index contributed by atoms with van der Waals surface area (Å²) >= 11 is 0. The highest BCUT2D eigenvalue weighted by atomic mass is 16.5. The van der Waals surface area contributed by atoms with Crippen molar-refractivity contribution in [3.63, 3.8) is 0 Å². The molecule has 2 unspecified atom stereocenters. The van der Waals surface area contributed by atoms with Crippen LogP contribution in [0.5, 0.6) is 0 Å². The number of amides is 1. The minimum atomic E-state index is -0.552. The third-order valence-electron chi connectivity index (χ3n) is 3.81. The first-order chi connectivity index (χ1) is 8.49. The Balaban J connectivity index is 2.60. The molecule has 1 aliphatic rings. The predicted molar refractivity (Wildman–Crippen MR) is 68.7 cm³/mol. The standard InChI is InChI=1S/C13H24N2O3/c1-4-8(2)11(13(17)18-3)15-12(16)9-5-6-10(14)7-9/h8-11H,4-7,14H2,1-3H3,(H,15,16)/t8-,9?,10?,11-/m0/s1. The fraction of sp³-hybridized carbons (Fsp3) is 0.846. The maximum atomic E-state index is 12.1.